The van der Waals surface area contributed by atoms with Gasteiger partial charge in [-0.25, -0.2) is 0 Å². The van der Waals surface area contributed by atoms with Crippen LogP contribution in [0.2, 0.25) is 0 Å². The number of thiophene rings is 2. The molecule has 0 radical (unpaired) electrons. The summed E-state index contributed by atoms with van der Waals surface area (Å²) in [7, 11) is 0. The second-order valence-electron chi connectivity index (χ2n) is 2.47. The molecule has 13 heavy (non-hydrogen) atoms. The zero-order valence-corrected chi connectivity index (χ0v) is 10.8. The lowest BCUT2D eigenvalue weighted by Crippen LogP contribution is -1.84. The van der Waals surface area contributed by atoms with Gasteiger partial charge in [-0.2, -0.15) is 0 Å². The van der Waals surface area contributed by atoms with E-state index in [1.54, 1.807) is 22.7 Å². The molecular weight excluding hydrogens is 339 g/mol. The first-order chi connectivity index (χ1) is 6.20. The third-order valence-corrected chi connectivity index (χ3v) is 5.19. The van der Waals surface area contributed by atoms with Crippen LogP contribution in [0.5, 0.6) is 0 Å². The molecule has 0 aliphatic heterocycles. The highest BCUT2D eigenvalue weighted by Crippen LogP contribution is 2.37. The Hall–Kier alpha value is 0.350. The van der Waals surface area contributed by atoms with Crippen LogP contribution in [0.4, 0.5) is 0 Å². The molecule has 0 aliphatic carbocycles. The first kappa shape index (κ1) is 9.89. The van der Waals surface area contributed by atoms with Crippen molar-refractivity contribution in [3.63, 3.8) is 0 Å². The summed E-state index contributed by atoms with van der Waals surface area (Å²) >= 11 is 11.4. The SMILES string of the molecule is O=CC(Cl)c1cc2sc(I)cc2s1. The van der Waals surface area contributed by atoms with E-state index in [1.165, 1.54) is 12.3 Å². The van der Waals surface area contributed by atoms with Gasteiger partial charge in [0.25, 0.3) is 0 Å². The van der Waals surface area contributed by atoms with E-state index < -0.39 is 5.38 Å². The van der Waals surface area contributed by atoms with E-state index in [2.05, 4.69) is 28.7 Å². The Bertz CT molecular complexity index is 416. The van der Waals surface area contributed by atoms with Gasteiger partial charge in [0.1, 0.15) is 11.7 Å². The van der Waals surface area contributed by atoms with Crippen LogP contribution in [0.1, 0.15) is 10.3 Å². The molecule has 5 heteroatoms. The molecule has 0 amide bonds. The first-order valence-electron chi connectivity index (χ1n) is 3.49. The Kier molecular flexibility index (Phi) is 2.92. The van der Waals surface area contributed by atoms with Crippen molar-refractivity contribution in [2.75, 3.05) is 0 Å². The maximum atomic E-state index is 10.4. The molecule has 2 rings (SSSR count). The second kappa shape index (κ2) is 3.84. The Morgan fingerprint density at radius 1 is 1.38 bits per heavy atom. The first-order valence-corrected chi connectivity index (χ1v) is 6.63. The summed E-state index contributed by atoms with van der Waals surface area (Å²) in [6.07, 6.45) is 0.766. The van der Waals surface area contributed by atoms with Gasteiger partial charge in [-0.15, -0.1) is 34.3 Å². The summed E-state index contributed by atoms with van der Waals surface area (Å²) in [5.74, 6) is 0. The van der Waals surface area contributed by atoms with Crippen LogP contribution in [-0.2, 0) is 4.79 Å². The van der Waals surface area contributed by atoms with Gasteiger partial charge in [0, 0.05) is 14.3 Å². The summed E-state index contributed by atoms with van der Waals surface area (Å²) in [4.78, 5) is 11.4. The molecule has 0 aliphatic rings. The Labute approximate surface area is 102 Å². The van der Waals surface area contributed by atoms with E-state index in [0.29, 0.717) is 0 Å². The van der Waals surface area contributed by atoms with Crippen LogP contribution in [-0.4, -0.2) is 6.29 Å². The maximum absolute atomic E-state index is 10.4. The van der Waals surface area contributed by atoms with Crippen LogP contribution in [0, 0.1) is 2.88 Å². The van der Waals surface area contributed by atoms with Crippen LogP contribution in [0.25, 0.3) is 9.40 Å². The van der Waals surface area contributed by atoms with Crippen molar-refractivity contribution in [1.82, 2.24) is 0 Å². The van der Waals surface area contributed by atoms with Gasteiger partial charge in [-0.05, 0) is 34.7 Å². The zero-order chi connectivity index (χ0) is 9.42. The minimum atomic E-state index is -0.484. The van der Waals surface area contributed by atoms with E-state index >= 15 is 0 Å². The molecular formula is C8H4ClIOS2. The summed E-state index contributed by atoms with van der Waals surface area (Å²) < 4.78 is 3.71. The maximum Gasteiger partial charge on any atom is 0.143 e. The van der Waals surface area contributed by atoms with Crippen molar-refractivity contribution in [2.24, 2.45) is 0 Å². The molecule has 2 heterocycles. The Morgan fingerprint density at radius 3 is 2.69 bits per heavy atom. The largest absolute Gasteiger partial charge is 0.301 e. The number of rotatable bonds is 2. The van der Waals surface area contributed by atoms with E-state index in [9.17, 15) is 4.79 Å². The molecule has 1 unspecified atom stereocenters. The fraction of sp³-hybridized carbons (Fsp3) is 0.125. The number of alkyl halides is 1. The predicted octanol–water partition coefficient (Wildman–Crippen LogP) is 4.05. The molecule has 2 aromatic rings. The number of hydrogen-bond acceptors (Lipinski definition) is 3. The molecule has 0 bridgehead atoms. The molecule has 0 N–H and O–H groups in total. The standard InChI is InChI=1S/C8H4ClIOS2/c9-4(3-11)5-1-6-7(12-5)2-8(10)13-6/h1-4H. The number of carbonyl (C=O) groups is 1. The third-order valence-electron chi connectivity index (χ3n) is 1.59. The number of aldehydes is 1. The van der Waals surface area contributed by atoms with Crippen molar-refractivity contribution >= 4 is 72.6 Å². The molecule has 1 atom stereocenters. The van der Waals surface area contributed by atoms with Crippen LogP contribution in [0.15, 0.2) is 12.1 Å². The lowest BCUT2D eigenvalue weighted by molar-refractivity contribution is -0.107. The topological polar surface area (TPSA) is 17.1 Å². The fourth-order valence-electron chi connectivity index (χ4n) is 1.03. The molecule has 1 nitrogen and oxygen atoms in total. The van der Waals surface area contributed by atoms with Crippen molar-refractivity contribution in [3.8, 4) is 0 Å². The molecule has 0 saturated heterocycles. The van der Waals surface area contributed by atoms with Gasteiger partial charge in [0.15, 0.2) is 0 Å². The number of fused-ring (bicyclic) bond motifs is 1. The van der Waals surface area contributed by atoms with Gasteiger partial charge in [-0.1, -0.05) is 0 Å². The molecule has 2 aromatic heterocycles. The van der Waals surface area contributed by atoms with Gasteiger partial charge in [0.05, 0.1) is 2.88 Å². The summed E-state index contributed by atoms with van der Waals surface area (Å²) in [6.45, 7) is 0. The number of carbonyl (C=O) groups excluding carboxylic acids is 1. The number of halogens is 2. The predicted molar refractivity (Wildman–Crippen MR) is 67.1 cm³/mol. The molecule has 0 spiro atoms. The summed E-state index contributed by atoms with van der Waals surface area (Å²) in [5, 5.41) is -0.484. The normalized spacial score (nSPS) is 13.4. The summed E-state index contributed by atoms with van der Waals surface area (Å²) in [5.41, 5.74) is 0. The van der Waals surface area contributed by atoms with Gasteiger partial charge in [0.2, 0.25) is 0 Å². The average Bonchev–Trinajstić information content (AvgIpc) is 2.59. The van der Waals surface area contributed by atoms with Gasteiger partial charge >= 0.3 is 0 Å². The van der Waals surface area contributed by atoms with Gasteiger partial charge < -0.3 is 4.79 Å². The Morgan fingerprint density at radius 2 is 2.08 bits per heavy atom. The van der Waals surface area contributed by atoms with Crippen molar-refractivity contribution in [2.45, 2.75) is 5.38 Å². The highest BCUT2D eigenvalue weighted by atomic mass is 127. The third kappa shape index (κ3) is 1.91. The highest BCUT2D eigenvalue weighted by molar-refractivity contribution is 14.1. The second-order valence-corrected chi connectivity index (χ2v) is 7.03. The smallest absolute Gasteiger partial charge is 0.143 e. The molecule has 0 saturated carbocycles. The number of hydrogen-bond donors (Lipinski definition) is 0. The van der Waals surface area contributed by atoms with E-state index in [4.69, 9.17) is 11.6 Å². The molecule has 0 aromatic carbocycles. The summed E-state index contributed by atoms with van der Waals surface area (Å²) in [6, 6.07) is 4.11. The quantitative estimate of drug-likeness (QED) is 0.457. The monoisotopic (exact) mass is 342 g/mol. The van der Waals surface area contributed by atoms with Gasteiger partial charge in [-0.3, -0.25) is 0 Å². The van der Waals surface area contributed by atoms with Crippen LogP contribution >= 0.6 is 56.9 Å². The zero-order valence-electron chi connectivity index (χ0n) is 6.29. The van der Waals surface area contributed by atoms with Crippen molar-refractivity contribution < 1.29 is 4.79 Å². The minimum absolute atomic E-state index is 0.484. The lowest BCUT2D eigenvalue weighted by Gasteiger charge is -1.92. The van der Waals surface area contributed by atoms with Crippen LogP contribution in [0.3, 0.4) is 0 Å². The van der Waals surface area contributed by atoms with E-state index in [1.807, 2.05) is 6.07 Å². The molecule has 0 fully saturated rings. The fourth-order valence-corrected chi connectivity index (χ4v) is 4.53. The van der Waals surface area contributed by atoms with Crippen LogP contribution < -0.4 is 0 Å². The van der Waals surface area contributed by atoms with E-state index in [0.717, 1.165) is 11.2 Å². The van der Waals surface area contributed by atoms with E-state index in [-0.39, 0.29) is 0 Å². The van der Waals surface area contributed by atoms with Crippen molar-refractivity contribution in [3.05, 3.63) is 19.9 Å². The molecule has 68 valence electrons. The minimum Gasteiger partial charge on any atom is -0.301 e. The Balaban J connectivity index is 2.50. The average molecular weight is 343 g/mol. The highest BCUT2D eigenvalue weighted by Gasteiger charge is 2.11. The van der Waals surface area contributed by atoms with Crippen molar-refractivity contribution in [1.29, 1.82) is 0 Å². The lowest BCUT2D eigenvalue weighted by atomic mass is 10.3.